The molecule has 34 heavy (non-hydrogen) atoms. The summed E-state index contributed by atoms with van der Waals surface area (Å²) in [5.41, 5.74) is 2.22. The van der Waals surface area contributed by atoms with Crippen LogP contribution in [0.4, 0.5) is 5.69 Å². The molecule has 0 aliphatic rings. The van der Waals surface area contributed by atoms with Crippen molar-refractivity contribution in [2.75, 3.05) is 24.0 Å². The molecule has 0 heterocycles. The highest BCUT2D eigenvalue weighted by atomic mass is 35.5. The molecule has 3 aromatic rings. The van der Waals surface area contributed by atoms with Crippen LogP contribution < -0.4 is 14.4 Å². The van der Waals surface area contributed by atoms with Gasteiger partial charge >= 0.3 is 0 Å². The summed E-state index contributed by atoms with van der Waals surface area (Å²) in [6.07, 6.45) is 1.51. The van der Waals surface area contributed by atoms with Gasteiger partial charge in [-0.2, -0.15) is 0 Å². The van der Waals surface area contributed by atoms with Crippen molar-refractivity contribution in [1.82, 2.24) is 5.32 Å². The number of hydrogen-bond donors (Lipinski definition) is 1. The van der Waals surface area contributed by atoms with Crippen molar-refractivity contribution in [3.05, 3.63) is 88.9 Å². The van der Waals surface area contributed by atoms with Gasteiger partial charge in [0.25, 0.3) is 10.0 Å². The summed E-state index contributed by atoms with van der Waals surface area (Å²) in [4.78, 5) is 12.9. The fourth-order valence-corrected chi connectivity index (χ4v) is 5.16. The molecule has 0 bridgehead atoms. The first kappa shape index (κ1) is 25.6. The van der Waals surface area contributed by atoms with Crippen LogP contribution in [0.1, 0.15) is 24.5 Å². The predicted octanol–water partition coefficient (Wildman–Crippen LogP) is 4.99. The number of nitrogens with one attached hydrogen (secondary N) is 1. The van der Waals surface area contributed by atoms with Crippen molar-refractivity contribution in [3.63, 3.8) is 0 Å². The smallest absolute Gasteiger partial charge is 0.264 e. The molecular formula is C26H29ClN2O4S. The topological polar surface area (TPSA) is 75.7 Å². The number of amides is 1. The highest BCUT2D eigenvalue weighted by Gasteiger charge is 2.28. The molecule has 0 unspecified atom stereocenters. The third-order valence-electron chi connectivity index (χ3n) is 5.26. The van der Waals surface area contributed by atoms with Crippen LogP contribution in [0.3, 0.4) is 0 Å². The Morgan fingerprint density at radius 1 is 1.03 bits per heavy atom. The van der Waals surface area contributed by atoms with Crippen molar-refractivity contribution in [3.8, 4) is 5.75 Å². The van der Waals surface area contributed by atoms with Crippen LogP contribution >= 0.6 is 11.6 Å². The molecule has 3 aromatic carbocycles. The zero-order chi connectivity index (χ0) is 24.6. The first-order valence-electron chi connectivity index (χ1n) is 11.1. The second-order valence-electron chi connectivity index (χ2n) is 7.79. The normalized spacial score (nSPS) is 11.1. The van der Waals surface area contributed by atoms with Crippen LogP contribution in [0.5, 0.6) is 5.75 Å². The van der Waals surface area contributed by atoms with Crippen LogP contribution in [0.2, 0.25) is 5.02 Å². The largest absolute Gasteiger partial charge is 0.494 e. The number of aryl methyl sites for hydroxylation is 2. The minimum absolute atomic E-state index is 0.109. The van der Waals surface area contributed by atoms with Crippen LogP contribution in [0.15, 0.2) is 77.7 Å². The molecular weight excluding hydrogens is 472 g/mol. The molecule has 0 aliphatic heterocycles. The number of anilines is 1. The van der Waals surface area contributed by atoms with Gasteiger partial charge in [0, 0.05) is 11.6 Å². The number of benzene rings is 3. The number of carbonyl (C=O) groups is 1. The highest BCUT2D eigenvalue weighted by molar-refractivity contribution is 7.92. The van der Waals surface area contributed by atoms with Crippen molar-refractivity contribution in [2.24, 2.45) is 0 Å². The maximum atomic E-state index is 13.4. The average molecular weight is 501 g/mol. The minimum Gasteiger partial charge on any atom is -0.494 e. The first-order chi connectivity index (χ1) is 16.3. The summed E-state index contributed by atoms with van der Waals surface area (Å²) in [6.45, 7) is 4.43. The standard InChI is InChI=1S/C26H29ClN2O4S/c1-3-33-23-15-12-21(13-16-23)8-7-17-28-26(30)19-29(25-18-22(27)14-11-20(25)2)34(31,32)24-9-5-4-6-10-24/h4-6,9-16,18H,3,7-8,17,19H2,1-2H3,(H,28,30). The van der Waals surface area contributed by atoms with Crippen LogP contribution in [0.25, 0.3) is 0 Å². The molecule has 6 nitrogen and oxygen atoms in total. The summed E-state index contributed by atoms with van der Waals surface area (Å²) >= 11 is 6.15. The Labute approximate surface area is 206 Å². The van der Waals surface area contributed by atoms with Gasteiger partial charge in [0.2, 0.25) is 5.91 Å². The monoisotopic (exact) mass is 500 g/mol. The second-order valence-corrected chi connectivity index (χ2v) is 10.1. The lowest BCUT2D eigenvalue weighted by Gasteiger charge is -2.26. The summed E-state index contributed by atoms with van der Waals surface area (Å²) in [6, 6.07) is 20.9. The van der Waals surface area contributed by atoms with Gasteiger partial charge in [-0.15, -0.1) is 0 Å². The van der Waals surface area contributed by atoms with E-state index in [1.807, 2.05) is 31.2 Å². The fraction of sp³-hybridized carbons (Fsp3) is 0.269. The fourth-order valence-electron chi connectivity index (χ4n) is 3.50. The molecule has 8 heteroatoms. The first-order valence-corrected chi connectivity index (χ1v) is 13.0. The lowest BCUT2D eigenvalue weighted by atomic mass is 10.1. The van der Waals surface area contributed by atoms with Gasteiger partial charge < -0.3 is 10.1 Å². The van der Waals surface area contributed by atoms with Crippen molar-refractivity contribution < 1.29 is 17.9 Å². The third kappa shape index (κ3) is 6.74. The number of carbonyl (C=O) groups excluding carboxylic acids is 1. The van der Waals surface area contributed by atoms with E-state index in [0.29, 0.717) is 29.4 Å². The van der Waals surface area contributed by atoms with Gasteiger partial charge in [0.15, 0.2) is 0 Å². The van der Waals surface area contributed by atoms with Crippen molar-refractivity contribution >= 4 is 33.2 Å². The second kappa shape index (κ2) is 11.9. The molecule has 0 fully saturated rings. The SMILES string of the molecule is CCOc1ccc(CCCNC(=O)CN(c2cc(Cl)ccc2C)S(=O)(=O)c2ccccc2)cc1. The Kier molecular flexibility index (Phi) is 8.96. The maximum Gasteiger partial charge on any atom is 0.264 e. The lowest BCUT2D eigenvalue weighted by Crippen LogP contribution is -2.41. The Hall–Kier alpha value is -3.03. The van der Waals surface area contributed by atoms with Gasteiger partial charge in [0.05, 0.1) is 17.2 Å². The van der Waals surface area contributed by atoms with Gasteiger partial charge in [-0.1, -0.05) is 48.0 Å². The highest BCUT2D eigenvalue weighted by Crippen LogP contribution is 2.29. The van der Waals surface area contributed by atoms with Gasteiger partial charge in [0.1, 0.15) is 12.3 Å². The quantitative estimate of drug-likeness (QED) is 0.376. The number of rotatable bonds is 11. The molecule has 1 N–H and O–H groups in total. The van der Waals surface area contributed by atoms with Crippen molar-refractivity contribution in [2.45, 2.75) is 31.6 Å². The molecule has 3 rings (SSSR count). The predicted molar refractivity (Wildman–Crippen MR) is 136 cm³/mol. The molecule has 180 valence electrons. The number of ether oxygens (including phenoxy) is 1. The van der Waals surface area contributed by atoms with Crippen LogP contribution in [0, 0.1) is 6.92 Å². The Bertz CT molecular complexity index is 1200. The Morgan fingerprint density at radius 2 is 1.74 bits per heavy atom. The summed E-state index contributed by atoms with van der Waals surface area (Å²) < 4.78 is 33.4. The Morgan fingerprint density at radius 3 is 2.41 bits per heavy atom. The van der Waals surface area contributed by atoms with E-state index in [0.717, 1.165) is 28.5 Å². The number of nitrogens with zero attached hydrogens (tertiary/aromatic N) is 1. The van der Waals surface area contributed by atoms with Crippen LogP contribution in [-0.2, 0) is 21.2 Å². The number of halogens is 1. The maximum absolute atomic E-state index is 13.4. The van der Waals surface area contributed by atoms with Gasteiger partial charge in [-0.05, 0) is 74.2 Å². The van der Waals surface area contributed by atoms with E-state index in [1.54, 1.807) is 43.3 Å². The third-order valence-corrected chi connectivity index (χ3v) is 7.27. The minimum atomic E-state index is -3.97. The zero-order valence-electron chi connectivity index (χ0n) is 19.3. The average Bonchev–Trinajstić information content (AvgIpc) is 2.83. The number of hydrogen-bond acceptors (Lipinski definition) is 4. The van der Waals surface area contributed by atoms with E-state index in [4.69, 9.17) is 16.3 Å². The molecule has 0 spiro atoms. The van der Waals surface area contributed by atoms with Crippen molar-refractivity contribution in [1.29, 1.82) is 0 Å². The van der Waals surface area contributed by atoms with E-state index >= 15 is 0 Å². The van der Waals surface area contributed by atoms with Crippen LogP contribution in [-0.4, -0.2) is 34.0 Å². The molecule has 0 saturated heterocycles. The molecule has 0 aromatic heterocycles. The number of sulfonamides is 1. The van der Waals surface area contributed by atoms with E-state index in [9.17, 15) is 13.2 Å². The van der Waals surface area contributed by atoms with Gasteiger partial charge in [-0.25, -0.2) is 8.42 Å². The van der Waals surface area contributed by atoms with E-state index in [-0.39, 0.29) is 17.3 Å². The van der Waals surface area contributed by atoms with E-state index < -0.39 is 10.0 Å². The molecule has 0 radical (unpaired) electrons. The molecule has 0 aliphatic carbocycles. The summed E-state index contributed by atoms with van der Waals surface area (Å²) in [5, 5.41) is 3.23. The molecule has 0 saturated carbocycles. The lowest BCUT2D eigenvalue weighted by molar-refractivity contribution is -0.119. The molecule has 0 atom stereocenters. The summed E-state index contributed by atoms with van der Waals surface area (Å²) in [5.74, 6) is 0.446. The Balaban J connectivity index is 1.67. The molecule has 1 amide bonds. The van der Waals surface area contributed by atoms with E-state index in [2.05, 4.69) is 5.32 Å². The zero-order valence-corrected chi connectivity index (χ0v) is 20.9. The van der Waals surface area contributed by atoms with E-state index in [1.165, 1.54) is 12.1 Å². The summed E-state index contributed by atoms with van der Waals surface area (Å²) in [7, 11) is -3.97. The van der Waals surface area contributed by atoms with Gasteiger partial charge in [-0.3, -0.25) is 9.10 Å².